The first-order chi connectivity index (χ1) is 17.4. The third kappa shape index (κ3) is 4.62. The first-order valence-electron chi connectivity index (χ1n) is 12.2. The zero-order valence-corrected chi connectivity index (χ0v) is 20.6. The van der Waals surface area contributed by atoms with E-state index < -0.39 is 11.8 Å². The average molecular weight is 483 g/mol. The Labute approximate surface area is 211 Å². The first kappa shape index (κ1) is 23.8. The molecule has 3 aromatic carbocycles. The molecule has 0 aliphatic carbocycles. The Hall–Kier alpha value is -3.97. The molecule has 2 aliphatic rings. The van der Waals surface area contributed by atoms with Gasteiger partial charge in [-0.15, -0.1) is 0 Å². The van der Waals surface area contributed by atoms with Crippen molar-refractivity contribution in [3.63, 3.8) is 0 Å². The summed E-state index contributed by atoms with van der Waals surface area (Å²) in [5.74, 6) is -1.19. The standard InChI is InChI=1S/C29H30N4O3/c1-31(2)23-13-11-21(12-14-23)26(32-16-15-20-7-3-4-8-22(20)18-32)17-30-27(34)19-33-28(35)24-9-5-6-10-25(24)29(33)36/h3-14,26H,15-19H2,1-2H3,(H,30,34). The Balaban J connectivity index is 1.31. The van der Waals surface area contributed by atoms with Crippen LogP contribution in [0.15, 0.2) is 72.8 Å². The summed E-state index contributed by atoms with van der Waals surface area (Å²) in [5.41, 5.74) is 5.58. The fourth-order valence-corrected chi connectivity index (χ4v) is 5.03. The third-order valence-corrected chi connectivity index (χ3v) is 7.07. The molecule has 1 unspecified atom stereocenters. The fourth-order valence-electron chi connectivity index (χ4n) is 5.03. The maximum absolute atomic E-state index is 12.9. The average Bonchev–Trinajstić information content (AvgIpc) is 3.14. The third-order valence-electron chi connectivity index (χ3n) is 7.07. The number of fused-ring (bicyclic) bond motifs is 2. The molecule has 3 aromatic rings. The molecule has 2 heterocycles. The van der Waals surface area contributed by atoms with Gasteiger partial charge in [0, 0.05) is 39.4 Å². The highest BCUT2D eigenvalue weighted by molar-refractivity contribution is 6.22. The predicted octanol–water partition coefficient (Wildman–Crippen LogP) is 3.26. The van der Waals surface area contributed by atoms with Gasteiger partial charge in [-0.25, -0.2) is 0 Å². The van der Waals surface area contributed by atoms with Crippen LogP contribution in [0.5, 0.6) is 0 Å². The Morgan fingerprint density at radius 2 is 1.50 bits per heavy atom. The molecule has 1 atom stereocenters. The van der Waals surface area contributed by atoms with Gasteiger partial charge in [-0.05, 0) is 47.4 Å². The van der Waals surface area contributed by atoms with E-state index in [2.05, 4.69) is 63.6 Å². The van der Waals surface area contributed by atoms with Crippen molar-refractivity contribution in [1.29, 1.82) is 0 Å². The topological polar surface area (TPSA) is 73.0 Å². The fraction of sp³-hybridized carbons (Fsp3) is 0.276. The molecule has 0 spiro atoms. The minimum Gasteiger partial charge on any atom is -0.378 e. The summed E-state index contributed by atoms with van der Waals surface area (Å²) in [7, 11) is 4.01. The summed E-state index contributed by atoms with van der Waals surface area (Å²) in [6, 6.07) is 23.5. The van der Waals surface area contributed by atoms with Crippen LogP contribution in [0.25, 0.3) is 0 Å². The highest BCUT2D eigenvalue weighted by Gasteiger charge is 2.36. The largest absolute Gasteiger partial charge is 0.378 e. The molecule has 0 aromatic heterocycles. The lowest BCUT2D eigenvalue weighted by Crippen LogP contribution is -2.44. The summed E-state index contributed by atoms with van der Waals surface area (Å²) in [6.07, 6.45) is 0.950. The number of hydrogen-bond donors (Lipinski definition) is 1. The molecule has 5 rings (SSSR count). The Morgan fingerprint density at radius 1 is 0.889 bits per heavy atom. The van der Waals surface area contributed by atoms with Gasteiger partial charge >= 0.3 is 0 Å². The minimum absolute atomic E-state index is 0.0410. The Bertz CT molecular complexity index is 1270. The van der Waals surface area contributed by atoms with Crippen LogP contribution >= 0.6 is 0 Å². The summed E-state index contributed by atoms with van der Waals surface area (Å²) >= 11 is 0. The van der Waals surface area contributed by atoms with Crippen molar-refractivity contribution < 1.29 is 14.4 Å². The maximum Gasteiger partial charge on any atom is 0.262 e. The number of nitrogens with one attached hydrogen (secondary N) is 1. The zero-order chi connectivity index (χ0) is 25.2. The van der Waals surface area contributed by atoms with Gasteiger partial charge in [0.15, 0.2) is 0 Å². The molecule has 0 bridgehead atoms. The van der Waals surface area contributed by atoms with Crippen LogP contribution in [0.3, 0.4) is 0 Å². The molecule has 3 amide bonds. The number of carbonyl (C=O) groups excluding carboxylic acids is 3. The lowest BCUT2D eigenvalue weighted by atomic mass is 9.96. The highest BCUT2D eigenvalue weighted by atomic mass is 16.2. The van der Waals surface area contributed by atoms with Crippen molar-refractivity contribution in [3.05, 3.63) is 101 Å². The van der Waals surface area contributed by atoms with Gasteiger partial charge in [0.25, 0.3) is 11.8 Å². The summed E-state index contributed by atoms with van der Waals surface area (Å²) < 4.78 is 0. The molecule has 0 saturated carbocycles. The molecule has 2 aliphatic heterocycles. The molecule has 0 radical (unpaired) electrons. The van der Waals surface area contributed by atoms with Crippen molar-refractivity contribution in [2.45, 2.75) is 19.0 Å². The predicted molar refractivity (Wildman–Crippen MR) is 139 cm³/mol. The van der Waals surface area contributed by atoms with Crippen molar-refractivity contribution >= 4 is 23.4 Å². The smallest absolute Gasteiger partial charge is 0.262 e. The van der Waals surface area contributed by atoms with Crippen molar-refractivity contribution in [2.75, 3.05) is 38.6 Å². The van der Waals surface area contributed by atoms with Crippen LogP contribution in [-0.2, 0) is 17.8 Å². The van der Waals surface area contributed by atoms with Crippen molar-refractivity contribution in [3.8, 4) is 0 Å². The van der Waals surface area contributed by atoms with E-state index in [4.69, 9.17) is 0 Å². The molecular formula is C29H30N4O3. The van der Waals surface area contributed by atoms with Crippen molar-refractivity contribution in [1.82, 2.24) is 15.1 Å². The van der Waals surface area contributed by atoms with E-state index in [1.807, 2.05) is 14.1 Å². The number of benzene rings is 3. The Kier molecular flexibility index (Phi) is 6.57. The molecule has 1 N–H and O–H groups in total. The van der Waals surface area contributed by atoms with Gasteiger partial charge in [0.05, 0.1) is 17.2 Å². The molecule has 36 heavy (non-hydrogen) atoms. The highest BCUT2D eigenvalue weighted by Crippen LogP contribution is 2.29. The van der Waals surface area contributed by atoms with E-state index in [1.54, 1.807) is 24.3 Å². The monoisotopic (exact) mass is 482 g/mol. The Morgan fingerprint density at radius 3 is 2.14 bits per heavy atom. The van der Waals surface area contributed by atoms with Crippen LogP contribution in [0.1, 0.15) is 43.4 Å². The number of imide groups is 1. The van der Waals surface area contributed by atoms with Crippen LogP contribution in [0.2, 0.25) is 0 Å². The maximum atomic E-state index is 12.9. The van der Waals surface area contributed by atoms with Gasteiger partial charge in [0.1, 0.15) is 6.54 Å². The second kappa shape index (κ2) is 9.95. The second-order valence-electron chi connectivity index (χ2n) is 9.54. The van der Waals surface area contributed by atoms with Gasteiger partial charge in [-0.1, -0.05) is 48.5 Å². The van der Waals surface area contributed by atoms with Crippen LogP contribution in [-0.4, -0.2) is 61.3 Å². The molecule has 184 valence electrons. The molecule has 0 fully saturated rings. The molecular weight excluding hydrogens is 452 g/mol. The summed E-state index contributed by atoms with van der Waals surface area (Å²) in [5, 5.41) is 3.00. The molecule has 0 saturated heterocycles. The lowest BCUT2D eigenvalue weighted by Gasteiger charge is -2.36. The van der Waals surface area contributed by atoms with Gasteiger partial charge in [0.2, 0.25) is 5.91 Å². The van der Waals surface area contributed by atoms with E-state index in [-0.39, 0.29) is 18.5 Å². The lowest BCUT2D eigenvalue weighted by molar-refractivity contribution is -0.121. The van der Waals surface area contributed by atoms with Crippen LogP contribution < -0.4 is 10.2 Å². The van der Waals surface area contributed by atoms with E-state index >= 15 is 0 Å². The minimum atomic E-state index is -0.422. The number of anilines is 1. The van der Waals surface area contributed by atoms with Gasteiger partial charge < -0.3 is 10.2 Å². The molecule has 7 heteroatoms. The van der Waals surface area contributed by atoms with Gasteiger partial charge in [-0.3, -0.25) is 24.2 Å². The first-order valence-corrected chi connectivity index (χ1v) is 12.2. The van der Waals surface area contributed by atoms with E-state index in [9.17, 15) is 14.4 Å². The quantitative estimate of drug-likeness (QED) is 0.524. The SMILES string of the molecule is CN(C)c1ccc(C(CNC(=O)CN2C(=O)c3ccccc3C2=O)N2CCc3ccccc3C2)cc1. The van der Waals surface area contributed by atoms with Gasteiger partial charge in [-0.2, -0.15) is 0 Å². The van der Waals surface area contributed by atoms with E-state index in [1.165, 1.54) is 11.1 Å². The van der Waals surface area contributed by atoms with Crippen LogP contribution in [0, 0.1) is 0 Å². The van der Waals surface area contributed by atoms with Crippen molar-refractivity contribution in [2.24, 2.45) is 0 Å². The number of nitrogens with zero attached hydrogens (tertiary/aromatic N) is 3. The number of amides is 3. The van der Waals surface area contributed by atoms with Crippen LogP contribution in [0.4, 0.5) is 5.69 Å². The summed E-state index contributed by atoms with van der Waals surface area (Å²) in [4.78, 5) is 43.7. The van der Waals surface area contributed by atoms with E-state index in [0.717, 1.165) is 35.7 Å². The number of hydrogen-bond acceptors (Lipinski definition) is 5. The normalized spacial score (nSPS) is 15.9. The second-order valence-corrected chi connectivity index (χ2v) is 9.54. The molecule has 7 nitrogen and oxygen atoms in total. The van der Waals surface area contributed by atoms with E-state index in [0.29, 0.717) is 17.7 Å². The number of carbonyl (C=O) groups is 3. The summed E-state index contributed by atoms with van der Waals surface area (Å²) in [6.45, 7) is 1.77. The number of rotatable bonds is 7. The zero-order valence-electron chi connectivity index (χ0n) is 20.6.